The van der Waals surface area contributed by atoms with Gasteiger partial charge in [0.1, 0.15) is 5.76 Å². The summed E-state index contributed by atoms with van der Waals surface area (Å²) in [6.07, 6.45) is 2.85. The third kappa shape index (κ3) is 3.41. The van der Waals surface area contributed by atoms with Gasteiger partial charge in [0.15, 0.2) is 0 Å². The van der Waals surface area contributed by atoms with Crippen molar-refractivity contribution in [3.05, 3.63) is 59.0 Å². The number of imide groups is 1. The van der Waals surface area contributed by atoms with Gasteiger partial charge in [-0.15, -0.1) is 0 Å². The van der Waals surface area contributed by atoms with Crippen LogP contribution in [0.3, 0.4) is 0 Å². The maximum atomic E-state index is 12.9. The van der Waals surface area contributed by atoms with Crippen LogP contribution in [0.2, 0.25) is 0 Å². The highest BCUT2D eigenvalue weighted by Crippen LogP contribution is 2.27. The summed E-state index contributed by atoms with van der Waals surface area (Å²) in [4.78, 5) is 52.8. The van der Waals surface area contributed by atoms with E-state index in [1.54, 1.807) is 23.1 Å². The Morgan fingerprint density at radius 3 is 2.69 bits per heavy atom. The van der Waals surface area contributed by atoms with Crippen LogP contribution in [0.5, 0.6) is 0 Å². The van der Waals surface area contributed by atoms with Crippen LogP contribution in [0.4, 0.5) is 0 Å². The SMILES string of the molecule is COC(=O)C1CCCN(C(=O)c2ccc3c(c2)C(=O)N(Cc2ccco2)C3=O)C1. The molecule has 1 atom stereocenters. The topological polar surface area (TPSA) is 97.1 Å². The molecule has 1 fully saturated rings. The highest BCUT2D eigenvalue weighted by molar-refractivity contribution is 6.22. The fourth-order valence-corrected chi connectivity index (χ4v) is 3.83. The molecule has 8 heteroatoms. The molecule has 1 saturated heterocycles. The number of carbonyl (C=O) groups is 4. The summed E-state index contributed by atoms with van der Waals surface area (Å²) >= 11 is 0. The molecule has 3 amide bonds. The van der Waals surface area contributed by atoms with Crippen molar-refractivity contribution in [1.82, 2.24) is 9.80 Å². The summed E-state index contributed by atoms with van der Waals surface area (Å²) in [5, 5.41) is 0. The number of ether oxygens (including phenoxy) is 1. The molecule has 8 nitrogen and oxygen atoms in total. The Balaban J connectivity index is 1.54. The van der Waals surface area contributed by atoms with E-state index in [9.17, 15) is 19.2 Å². The van der Waals surface area contributed by atoms with E-state index in [2.05, 4.69) is 0 Å². The summed E-state index contributed by atoms with van der Waals surface area (Å²) < 4.78 is 10.0. The summed E-state index contributed by atoms with van der Waals surface area (Å²) in [5.41, 5.74) is 0.786. The quantitative estimate of drug-likeness (QED) is 0.580. The zero-order valence-corrected chi connectivity index (χ0v) is 15.9. The molecule has 2 aliphatic rings. The fraction of sp³-hybridized carbons (Fsp3) is 0.333. The summed E-state index contributed by atoms with van der Waals surface area (Å²) in [6, 6.07) is 7.88. The summed E-state index contributed by atoms with van der Waals surface area (Å²) in [5.74, 6) is -1.32. The van der Waals surface area contributed by atoms with Crippen LogP contribution in [0.15, 0.2) is 41.0 Å². The van der Waals surface area contributed by atoms with Crippen molar-refractivity contribution in [2.24, 2.45) is 5.92 Å². The molecule has 0 saturated carbocycles. The first kappa shape index (κ1) is 18.9. The number of furan rings is 1. The third-order valence-corrected chi connectivity index (χ3v) is 5.35. The molecule has 4 rings (SSSR count). The summed E-state index contributed by atoms with van der Waals surface area (Å²) in [6.45, 7) is 0.844. The number of amides is 3. The van der Waals surface area contributed by atoms with E-state index in [0.717, 1.165) is 4.90 Å². The van der Waals surface area contributed by atoms with E-state index in [1.165, 1.54) is 25.5 Å². The molecule has 0 spiro atoms. The van der Waals surface area contributed by atoms with Gasteiger partial charge in [0.25, 0.3) is 17.7 Å². The molecule has 1 aromatic heterocycles. The van der Waals surface area contributed by atoms with Crippen molar-refractivity contribution in [3.8, 4) is 0 Å². The van der Waals surface area contributed by atoms with Crippen LogP contribution in [-0.4, -0.2) is 53.7 Å². The molecule has 0 aliphatic carbocycles. The smallest absolute Gasteiger partial charge is 0.310 e. The molecule has 0 radical (unpaired) electrons. The van der Waals surface area contributed by atoms with Gasteiger partial charge < -0.3 is 14.1 Å². The van der Waals surface area contributed by atoms with Gasteiger partial charge in [-0.25, -0.2) is 0 Å². The number of methoxy groups -OCH3 is 1. The van der Waals surface area contributed by atoms with Crippen LogP contribution in [0, 0.1) is 5.92 Å². The molecule has 29 heavy (non-hydrogen) atoms. The molecular formula is C21H20N2O6. The number of rotatable bonds is 4. The first-order chi connectivity index (χ1) is 14.0. The second-order valence-corrected chi connectivity index (χ2v) is 7.15. The first-order valence-electron chi connectivity index (χ1n) is 9.39. The van der Waals surface area contributed by atoms with Gasteiger partial charge in [0, 0.05) is 18.7 Å². The van der Waals surface area contributed by atoms with Crippen molar-refractivity contribution in [1.29, 1.82) is 0 Å². The predicted molar refractivity (Wildman–Crippen MR) is 100.0 cm³/mol. The lowest BCUT2D eigenvalue weighted by atomic mass is 9.97. The number of nitrogens with zero attached hydrogens (tertiary/aromatic N) is 2. The van der Waals surface area contributed by atoms with E-state index in [4.69, 9.17) is 9.15 Å². The number of hydrogen-bond donors (Lipinski definition) is 0. The standard InChI is InChI=1S/C21H20N2O6/c1-28-21(27)14-4-2-8-22(11-14)18(24)13-6-7-16-17(10-13)20(26)23(19(16)25)12-15-5-3-9-29-15/h3,5-7,9-10,14H,2,4,8,11-12H2,1H3. The van der Waals surface area contributed by atoms with E-state index in [0.29, 0.717) is 30.7 Å². The Kier molecular flexibility index (Phi) is 4.92. The van der Waals surface area contributed by atoms with Gasteiger partial charge >= 0.3 is 5.97 Å². The van der Waals surface area contributed by atoms with Crippen molar-refractivity contribution in [3.63, 3.8) is 0 Å². The Morgan fingerprint density at radius 1 is 1.17 bits per heavy atom. The number of piperidine rings is 1. The number of hydrogen-bond acceptors (Lipinski definition) is 6. The second-order valence-electron chi connectivity index (χ2n) is 7.15. The van der Waals surface area contributed by atoms with E-state index < -0.39 is 11.8 Å². The lowest BCUT2D eigenvalue weighted by Crippen LogP contribution is -2.42. The van der Waals surface area contributed by atoms with Gasteiger partial charge in [-0.05, 0) is 43.2 Å². The minimum atomic E-state index is -0.456. The monoisotopic (exact) mass is 396 g/mol. The second kappa shape index (κ2) is 7.54. The van der Waals surface area contributed by atoms with Crippen molar-refractivity contribution >= 4 is 23.7 Å². The van der Waals surface area contributed by atoms with Gasteiger partial charge in [0.05, 0.1) is 37.0 Å². The number of benzene rings is 1. The minimum absolute atomic E-state index is 0.0373. The van der Waals surface area contributed by atoms with Gasteiger partial charge in [-0.3, -0.25) is 24.1 Å². The molecule has 150 valence electrons. The van der Waals surface area contributed by atoms with Crippen LogP contribution >= 0.6 is 0 Å². The minimum Gasteiger partial charge on any atom is -0.469 e. The van der Waals surface area contributed by atoms with Gasteiger partial charge in [-0.2, -0.15) is 0 Å². The van der Waals surface area contributed by atoms with Crippen molar-refractivity contribution in [2.45, 2.75) is 19.4 Å². The highest BCUT2D eigenvalue weighted by Gasteiger charge is 2.37. The Hall–Kier alpha value is -3.42. The Labute approximate surface area is 167 Å². The average Bonchev–Trinajstić information content (AvgIpc) is 3.35. The number of fused-ring (bicyclic) bond motifs is 1. The Morgan fingerprint density at radius 2 is 1.97 bits per heavy atom. The number of carbonyl (C=O) groups excluding carboxylic acids is 4. The Bertz CT molecular complexity index is 981. The maximum Gasteiger partial charge on any atom is 0.310 e. The lowest BCUT2D eigenvalue weighted by molar-refractivity contribution is -0.146. The molecule has 0 bridgehead atoms. The van der Waals surface area contributed by atoms with Crippen LogP contribution in [0.1, 0.15) is 49.7 Å². The van der Waals surface area contributed by atoms with Crippen molar-refractivity contribution in [2.75, 3.05) is 20.2 Å². The third-order valence-electron chi connectivity index (χ3n) is 5.35. The number of esters is 1. The van der Waals surface area contributed by atoms with Crippen LogP contribution in [-0.2, 0) is 16.1 Å². The molecule has 1 aromatic carbocycles. The normalized spacial score (nSPS) is 18.7. The van der Waals surface area contributed by atoms with Crippen LogP contribution < -0.4 is 0 Å². The first-order valence-corrected chi connectivity index (χ1v) is 9.39. The summed E-state index contributed by atoms with van der Waals surface area (Å²) in [7, 11) is 1.33. The van der Waals surface area contributed by atoms with Gasteiger partial charge in [0.2, 0.25) is 0 Å². The van der Waals surface area contributed by atoms with E-state index in [1.807, 2.05) is 0 Å². The largest absolute Gasteiger partial charge is 0.469 e. The molecule has 2 aliphatic heterocycles. The highest BCUT2D eigenvalue weighted by atomic mass is 16.5. The molecule has 3 heterocycles. The predicted octanol–water partition coefficient (Wildman–Crippen LogP) is 2.10. The van der Waals surface area contributed by atoms with Crippen LogP contribution in [0.25, 0.3) is 0 Å². The molecular weight excluding hydrogens is 376 g/mol. The molecule has 1 unspecified atom stereocenters. The molecule has 0 N–H and O–H groups in total. The van der Waals surface area contributed by atoms with E-state index in [-0.39, 0.29) is 42.0 Å². The van der Waals surface area contributed by atoms with Crippen molar-refractivity contribution < 1.29 is 28.3 Å². The zero-order valence-electron chi connectivity index (χ0n) is 15.9. The number of likely N-dealkylation sites (tertiary alicyclic amines) is 1. The van der Waals surface area contributed by atoms with Gasteiger partial charge in [-0.1, -0.05) is 0 Å². The fourth-order valence-electron chi connectivity index (χ4n) is 3.83. The molecule has 2 aromatic rings. The zero-order chi connectivity index (χ0) is 20.5. The lowest BCUT2D eigenvalue weighted by Gasteiger charge is -2.31. The average molecular weight is 396 g/mol. The van der Waals surface area contributed by atoms with E-state index >= 15 is 0 Å². The maximum absolute atomic E-state index is 12.9.